The Morgan fingerprint density at radius 3 is 2.44 bits per heavy atom. The Balaban J connectivity index is 1.79. The number of rotatable bonds is 7. The van der Waals surface area contributed by atoms with Crippen LogP contribution in [-0.2, 0) is 14.3 Å². The number of methoxy groups -OCH3 is 1. The number of anilines is 1. The summed E-state index contributed by atoms with van der Waals surface area (Å²) in [5.41, 5.74) is 1.94. The van der Waals surface area contributed by atoms with Crippen molar-refractivity contribution in [1.82, 2.24) is 0 Å². The van der Waals surface area contributed by atoms with Gasteiger partial charge in [0.2, 0.25) is 0 Å². The summed E-state index contributed by atoms with van der Waals surface area (Å²) < 4.78 is 10.7. The predicted molar refractivity (Wildman–Crippen MR) is 138 cm³/mol. The van der Waals surface area contributed by atoms with Crippen molar-refractivity contribution < 1.29 is 29.0 Å². The summed E-state index contributed by atoms with van der Waals surface area (Å²) in [4.78, 5) is 41.0. The number of Topliss-reactive ketones (excluding diaryl/α,β-unsaturated/α-hetero) is 1. The minimum absolute atomic E-state index is 0.0215. The number of carbonyl (C=O) groups excluding carboxylic acids is 3. The van der Waals surface area contributed by atoms with Crippen LogP contribution in [0.1, 0.15) is 46.3 Å². The number of aryl methyl sites for hydroxylation is 1. The topological polar surface area (TPSA) is 93.1 Å². The Morgan fingerprint density at radius 2 is 1.83 bits per heavy atom. The molecule has 1 atom stereocenters. The van der Waals surface area contributed by atoms with Crippen LogP contribution in [0.15, 0.2) is 65.6 Å². The molecule has 2 aromatic carbocycles. The zero-order valence-corrected chi connectivity index (χ0v) is 21.3. The molecule has 0 radical (unpaired) electrons. The molecule has 186 valence electrons. The highest BCUT2D eigenvalue weighted by Gasteiger charge is 2.47. The van der Waals surface area contributed by atoms with Crippen LogP contribution < -0.4 is 9.64 Å². The number of aliphatic hydroxyl groups excluding tert-OH is 1. The van der Waals surface area contributed by atoms with E-state index in [1.165, 1.54) is 23.3 Å². The van der Waals surface area contributed by atoms with E-state index < -0.39 is 23.7 Å². The van der Waals surface area contributed by atoms with E-state index >= 15 is 0 Å². The van der Waals surface area contributed by atoms with Gasteiger partial charge in [0.15, 0.2) is 0 Å². The second-order valence-electron chi connectivity index (χ2n) is 8.93. The predicted octanol–water partition coefficient (Wildman–Crippen LogP) is 5.50. The molecule has 0 saturated carbocycles. The van der Waals surface area contributed by atoms with E-state index in [0.717, 1.165) is 5.56 Å². The normalized spacial score (nSPS) is 17.0. The van der Waals surface area contributed by atoms with Crippen molar-refractivity contribution in [3.05, 3.63) is 87.1 Å². The molecule has 8 heteroatoms. The third-order valence-electron chi connectivity index (χ3n) is 5.80. The summed E-state index contributed by atoms with van der Waals surface area (Å²) in [5, 5.41) is 13.2. The third kappa shape index (κ3) is 4.77. The van der Waals surface area contributed by atoms with Crippen molar-refractivity contribution in [2.75, 3.05) is 18.6 Å². The standard InChI is InChI=1S/C28H27NO6S/c1-16(2)15-35-28(33)18-8-10-19(11-9-18)29-24(22-6-5-13-36-22)23(26(31)27(29)32)25(30)20-14-17(3)7-12-21(20)34-4/h5-14,16,24,30H,15H2,1-4H3/b25-23-. The number of hydrogen-bond donors (Lipinski definition) is 1. The highest BCUT2D eigenvalue weighted by molar-refractivity contribution is 7.10. The number of carbonyl (C=O) groups is 3. The highest BCUT2D eigenvalue weighted by atomic mass is 32.1. The number of aliphatic hydroxyl groups is 1. The monoisotopic (exact) mass is 505 g/mol. The van der Waals surface area contributed by atoms with Crippen LogP contribution in [0.2, 0.25) is 0 Å². The van der Waals surface area contributed by atoms with Gasteiger partial charge in [-0.25, -0.2) is 4.79 Å². The van der Waals surface area contributed by atoms with E-state index in [9.17, 15) is 19.5 Å². The SMILES string of the molecule is COc1ccc(C)cc1/C(O)=C1/C(=O)C(=O)N(c2ccc(C(=O)OCC(C)C)cc2)C1c1cccs1. The maximum atomic E-state index is 13.3. The number of hydrogen-bond acceptors (Lipinski definition) is 7. The summed E-state index contributed by atoms with van der Waals surface area (Å²) in [6, 6.07) is 14.4. The molecular weight excluding hydrogens is 478 g/mol. The van der Waals surface area contributed by atoms with E-state index in [1.54, 1.807) is 36.4 Å². The summed E-state index contributed by atoms with van der Waals surface area (Å²) in [6.07, 6.45) is 0. The second-order valence-corrected chi connectivity index (χ2v) is 9.91. The van der Waals surface area contributed by atoms with Gasteiger partial charge in [-0.2, -0.15) is 0 Å². The van der Waals surface area contributed by atoms with Gasteiger partial charge in [0.05, 0.1) is 30.4 Å². The van der Waals surface area contributed by atoms with E-state index in [-0.39, 0.29) is 17.3 Å². The summed E-state index contributed by atoms with van der Waals surface area (Å²) in [5.74, 6) is -1.73. The summed E-state index contributed by atoms with van der Waals surface area (Å²) in [7, 11) is 1.48. The fraction of sp³-hybridized carbons (Fsp3) is 0.250. The van der Waals surface area contributed by atoms with Crippen molar-refractivity contribution in [3.8, 4) is 5.75 Å². The lowest BCUT2D eigenvalue weighted by Gasteiger charge is -2.24. The Kier molecular flexibility index (Phi) is 7.26. The van der Waals surface area contributed by atoms with Crippen LogP contribution in [0.3, 0.4) is 0 Å². The fourth-order valence-electron chi connectivity index (χ4n) is 4.05. The van der Waals surface area contributed by atoms with Gasteiger partial charge < -0.3 is 14.6 Å². The van der Waals surface area contributed by atoms with Crippen LogP contribution >= 0.6 is 11.3 Å². The van der Waals surface area contributed by atoms with Crippen molar-refractivity contribution in [3.63, 3.8) is 0 Å². The smallest absolute Gasteiger partial charge is 0.338 e. The number of amides is 1. The molecule has 7 nitrogen and oxygen atoms in total. The van der Waals surface area contributed by atoms with Crippen LogP contribution in [0, 0.1) is 12.8 Å². The molecule has 1 aliphatic rings. The van der Waals surface area contributed by atoms with Crippen molar-refractivity contribution >= 4 is 40.4 Å². The van der Waals surface area contributed by atoms with Crippen LogP contribution in [-0.4, -0.2) is 36.5 Å². The molecule has 0 spiro atoms. The quantitative estimate of drug-likeness (QED) is 0.197. The maximum absolute atomic E-state index is 13.3. The number of benzene rings is 2. The highest BCUT2D eigenvalue weighted by Crippen LogP contribution is 2.44. The Hall–Kier alpha value is -3.91. The molecule has 4 rings (SSSR count). The first kappa shape index (κ1) is 25.2. The van der Waals surface area contributed by atoms with E-state index in [1.807, 2.05) is 44.4 Å². The van der Waals surface area contributed by atoms with Gasteiger partial charge in [-0.1, -0.05) is 31.5 Å². The lowest BCUT2D eigenvalue weighted by atomic mass is 9.98. The largest absolute Gasteiger partial charge is 0.507 e. The molecule has 1 saturated heterocycles. The molecule has 0 bridgehead atoms. The first-order valence-electron chi connectivity index (χ1n) is 11.5. The molecule has 2 heterocycles. The Labute approximate surface area is 213 Å². The van der Waals surface area contributed by atoms with Gasteiger partial charge in [0, 0.05) is 10.6 Å². The second kappa shape index (κ2) is 10.4. The van der Waals surface area contributed by atoms with Crippen LogP contribution in [0.25, 0.3) is 5.76 Å². The molecule has 1 aromatic heterocycles. The zero-order valence-electron chi connectivity index (χ0n) is 20.5. The lowest BCUT2D eigenvalue weighted by Crippen LogP contribution is -2.29. The minimum atomic E-state index is -0.839. The molecule has 3 aromatic rings. The van der Waals surface area contributed by atoms with Crippen molar-refractivity contribution in [2.24, 2.45) is 5.92 Å². The van der Waals surface area contributed by atoms with Crippen molar-refractivity contribution in [2.45, 2.75) is 26.8 Å². The number of ketones is 1. The van der Waals surface area contributed by atoms with E-state index in [2.05, 4.69) is 0 Å². The third-order valence-corrected chi connectivity index (χ3v) is 6.72. The summed E-state index contributed by atoms with van der Waals surface area (Å²) in [6.45, 7) is 6.06. The first-order valence-corrected chi connectivity index (χ1v) is 12.4. The molecule has 1 unspecified atom stereocenters. The van der Waals surface area contributed by atoms with E-state index in [4.69, 9.17) is 9.47 Å². The van der Waals surface area contributed by atoms with Gasteiger partial charge in [-0.3, -0.25) is 14.5 Å². The molecule has 0 aliphatic carbocycles. The van der Waals surface area contributed by atoms with Gasteiger partial charge >= 0.3 is 5.97 Å². The average Bonchev–Trinajstić information content (AvgIpc) is 3.49. The average molecular weight is 506 g/mol. The van der Waals surface area contributed by atoms with Gasteiger partial charge in [0.1, 0.15) is 17.6 Å². The maximum Gasteiger partial charge on any atom is 0.338 e. The molecule has 36 heavy (non-hydrogen) atoms. The van der Waals surface area contributed by atoms with Crippen molar-refractivity contribution in [1.29, 1.82) is 0 Å². The molecule has 1 fully saturated rings. The number of esters is 1. The molecule has 1 N–H and O–H groups in total. The lowest BCUT2D eigenvalue weighted by molar-refractivity contribution is -0.132. The first-order chi connectivity index (χ1) is 17.2. The van der Waals surface area contributed by atoms with E-state index in [0.29, 0.717) is 34.0 Å². The van der Waals surface area contributed by atoms with Gasteiger partial charge in [-0.05, 0) is 60.7 Å². The molecule has 1 aliphatic heterocycles. The van der Waals surface area contributed by atoms with Gasteiger partial charge in [-0.15, -0.1) is 11.3 Å². The molecule has 1 amide bonds. The Bertz CT molecular complexity index is 1320. The number of ether oxygens (including phenoxy) is 2. The molecular formula is C28H27NO6S. The van der Waals surface area contributed by atoms with Crippen LogP contribution in [0.4, 0.5) is 5.69 Å². The fourth-order valence-corrected chi connectivity index (χ4v) is 4.87. The minimum Gasteiger partial charge on any atom is -0.507 e. The van der Waals surface area contributed by atoms with Gasteiger partial charge in [0.25, 0.3) is 11.7 Å². The zero-order chi connectivity index (χ0) is 26.0. The Morgan fingerprint density at radius 1 is 1.11 bits per heavy atom. The number of nitrogens with zero attached hydrogens (tertiary/aromatic N) is 1. The van der Waals surface area contributed by atoms with Crippen LogP contribution in [0.5, 0.6) is 5.75 Å². The number of thiophene rings is 1. The summed E-state index contributed by atoms with van der Waals surface area (Å²) >= 11 is 1.37.